The molecule has 0 amide bonds. The smallest absolute Gasteiger partial charge is 0.286 e. The molecule has 1 heterocycles. The largest absolute Gasteiger partial charge is 0.493 e. The van der Waals surface area contributed by atoms with E-state index in [2.05, 4.69) is 4.99 Å². The first-order valence-electron chi connectivity index (χ1n) is 8.93. The highest BCUT2D eigenvalue weighted by molar-refractivity contribution is 6.14. The highest BCUT2D eigenvalue weighted by Crippen LogP contribution is 2.24. The molecule has 0 bridgehead atoms. The lowest BCUT2D eigenvalue weighted by atomic mass is 10.2. The molecule has 0 aliphatic rings. The Kier molecular flexibility index (Phi) is 4.79. The fourth-order valence-electron chi connectivity index (χ4n) is 3.08. The number of hydrogen-bond donors (Lipinski definition) is 1. The number of rotatable bonds is 4. The maximum Gasteiger partial charge on any atom is 0.286 e. The number of hydrogen-bond acceptors (Lipinski definition) is 4. The average Bonchev–Trinajstić information content (AvgIpc) is 3.04. The van der Waals surface area contributed by atoms with Gasteiger partial charge in [0.05, 0.1) is 17.1 Å². The van der Waals surface area contributed by atoms with Gasteiger partial charge in [0, 0.05) is 0 Å². The predicted molar refractivity (Wildman–Crippen MR) is 111 cm³/mol. The maximum absolute atomic E-state index is 13.3. The fraction of sp³-hybridized carbons (Fsp3) is 0. The first kappa shape index (κ1) is 18.0. The Hall–Kier alpha value is -4.37. The summed E-state index contributed by atoms with van der Waals surface area (Å²) in [4.78, 5) is 17.6. The van der Waals surface area contributed by atoms with Gasteiger partial charge in [-0.3, -0.25) is 4.79 Å². The van der Waals surface area contributed by atoms with Crippen LogP contribution in [0.4, 0.5) is 5.69 Å². The molecule has 6 heteroatoms. The highest BCUT2D eigenvalue weighted by Gasteiger charge is 2.25. The van der Waals surface area contributed by atoms with Crippen LogP contribution in [0.3, 0.4) is 0 Å². The second-order valence-corrected chi connectivity index (χ2v) is 6.21. The van der Waals surface area contributed by atoms with Gasteiger partial charge in [0.2, 0.25) is 5.88 Å². The van der Waals surface area contributed by atoms with Crippen LogP contribution in [0.2, 0.25) is 0 Å². The minimum absolute atomic E-state index is 0.149. The lowest BCUT2D eigenvalue weighted by Gasteiger charge is -2.12. The maximum atomic E-state index is 13.3. The third-order valence-electron chi connectivity index (χ3n) is 4.37. The monoisotopic (exact) mass is 380 g/mol. The van der Waals surface area contributed by atoms with Gasteiger partial charge >= 0.3 is 0 Å². The third kappa shape index (κ3) is 3.33. The Bertz CT molecular complexity index is 1270. The number of para-hydroxylation sites is 3. The summed E-state index contributed by atoms with van der Waals surface area (Å²) in [7, 11) is 0. The molecule has 0 saturated heterocycles. The van der Waals surface area contributed by atoms with Crippen molar-refractivity contribution in [3.8, 4) is 23.3 Å². The SMILES string of the molecule is N#CC(=Nc1ccccc1)c1c(O)n(-c2ccccc2)n(-c2ccccc2)c1=O. The van der Waals surface area contributed by atoms with Crippen LogP contribution in [-0.2, 0) is 0 Å². The van der Waals surface area contributed by atoms with Crippen LogP contribution in [0.1, 0.15) is 5.56 Å². The lowest BCUT2D eigenvalue weighted by molar-refractivity contribution is 0.424. The fourth-order valence-corrected chi connectivity index (χ4v) is 3.08. The summed E-state index contributed by atoms with van der Waals surface area (Å²) in [5.41, 5.74) is 0.812. The molecule has 4 rings (SSSR count). The average molecular weight is 380 g/mol. The van der Waals surface area contributed by atoms with E-state index in [0.29, 0.717) is 17.1 Å². The van der Waals surface area contributed by atoms with Crippen LogP contribution in [0.5, 0.6) is 5.88 Å². The quantitative estimate of drug-likeness (QED) is 0.544. The molecule has 6 nitrogen and oxygen atoms in total. The van der Waals surface area contributed by atoms with Crippen LogP contribution < -0.4 is 5.56 Å². The van der Waals surface area contributed by atoms with Gasteiger partial charge in [-0.25, -0.2) is 14.4 Å². The molecule has 140 valence electrons. The molecule has 0 aliphatic heterocycles. The number of aliphatic imine (C=N–C) groups is 1. The summed E-state index contributed by atoms with van der Waals surface area (Å²) in [5, 5.41) is 20.7. The lowest BCUT2D eigenvalue weighted by Crippen LogP contribution is -2.23. The van der Waals surface area contributed by atoms with Crippen LogP contribution in [0.15, 0.2) is 101 Å². The summed E-state index contributed by atoms with van der Waals surface area (Å²) in [6.07, 6.45) is 0. The van der Waals surface area contributed by atoms with Gasteiger partial charge in [0.1, 0.15) is 11.6 Å². The van der Waals surface area contributed by atoms with Crippen LogP contribution >= 0.6 is 0 Å². The predicted octanol–water partition coefficient (Wildman–Crippen LogP) is 3.98. The topological polar surface area (TPSA) is 83.3 Å². The summed E-state index contributed by atoms with van der Waals surface area (Å²) in [5.74, 6) is -0.346. The summed E-state index contributed by atoms with van der Waals surface area (Å²) >= 11 is 0. The molecular formula is C23H16N4O2. The molecule has 0 saturated carbocycles. The van der Waals surface area contributed by atoms with E-state index in [1.807, 2.05) is 24.3 Å². The first-order chi connectivity index (χ1) is 14.2. The summed E-state index contributed by atoms with van der Waals surface area (Å²) in [6, 6.07) is 28.7. The van der Waals surface area contributed by atoms with Gasteiger partial charge < -0.3 is 5.11 Å². The third-order valence-corrected chi connectivity index (χ3v) is 4.37. The Morgan fingerprint density at radius 2 is 1.28 bits per heavy atom. The summed E-state index contributed by atoms with van der Waals surface area (Å²) < 4.78 is 2.71. The molecular weight excluding hydrogens is 364 g/mol. The van der Waals surface area contributed by atoms with Crippen molar-refractivity contribution in [1.29, 1.82) is 5.26 Å². The molecule has 0 atom stereocenters. The Morgan fingerprint density at radius 1 is 0.793 bits per heavy atom. The number of nitriles is 1. The van der Waals surface area contributed by atoms with E-state index >= 15 is 0 Å². The first-order valence-corrected chi connectivity index (χ1v) is 8.93. The minimum Gasteiger partial charge on any atom is -0.493 e. The van der Waals surface area contributed by atoms with Gasteiger partial charge in [-0.15, -0.1) is 0 Å². The molecule has 0 spiro atoms. The van der Waals surface area contributed by atoms with E-state index in [1.165, 1.54) is 9.36 Å². The molecule has 29 heavy (non-hydrogen) atoms. The number of benzene rings is 3. The molecule has 1 aromatic heterocycles. The van der Waals surface area contributed by atoms with E-state index in [4.69, 9.17) is 0 Å². The van der Waals surface area contributed by atoms with Crippen LogP contribution in [0.25, 0.3) is 11.4 Å². The van der Waals surface area contributed by atoms with E-state index < -0.39 is 5.56 Å². The Balaban J connectivity index is 2.02. The standard InChI is InChI=1S/C23H16N4O2/c24-16-20(25-17-10-4-1-5-11-17)21-22(28)26(18-12-6-2-7-13-18)27(23(21)29)19-14-8-3-9-15-19/h1-15,28H. The second kappa shape index (κ2) is 7.71. The van der Waals surface area contributed by atoms with Gasteiger partial charge in [0.25, 0.3) is 5.56 Å². The van der Waals surface area contributed by atoms with Crippen LogP contribution in [0, 0.1) is 11.3 Å². The molecule has 1 N–H and O–H groups in total. The molecule has 0 unspecified atom stereocenters. The molecule has 3 aromatic carbocycles. The van der Waals surface area contributed by atoms with Crippen molar-refractivity contribution < 1.29 is 5.11 Å². The van der Waals surface area contributed by atoms with Crippen molar-refractivity contribution in [3.63, 3.8) is 0 Å². The minimum atomic E-state index is -0.534. The Labute approximate surface area is 166 Å². The zero-order valence-corrected chi connectivity index (χ0v) is 15.3. The molecule has 0 fully saturated rings. The van der Waals surface area contributed by atoms with Crippen molar-refractivity contribution in [2.45, 2.75) is 0 Å². The van der Waals surface area contributed by atoms with E-state index in [-0.39, 0.29) is 17.2 Å². The van der Waals surface area contributed by atoms with Gasteiger partial charge in [-0.2, -0.15) is 5.26 Å². The van der Waals surface area contributed by atoms with Crippen molar-refractivity contribution in [1.82, 2.24) is 9.36 Å². The Morgan fingerprint density at radius 3 is 1.79 bits per heavy atom. The van der Waals surface area contributed by atoms with E-state index in [0.717, 1.165) is 0 Å². The van der Waals surface area contributed by atoms with Crippen molar-refractivity contribution in [2.75, 3.05) is 0 Å². The molecule has 0 aliphatic carbocycles. The number of aromatic nitrogens is 2. The molecule has 4 aromatic rings. The zero-order chi connectivity index (χ0) is 20.2. The molecule has 0 radical (unpaired) electrons. The zero-order valence-electron chi connectivity index (χ0n) is 15.3. The highest BCUT2D eigenvalue weighted by atomic mass is 16.3. The van der Waals surface area contributed by atoms with Gasteiger partial charge in [-0.05, 0) is 36.4 Å². The van der Waals surface area contributed by atoms with Crippen molar-refractivity contribution in [3.05, 3.63) is 107 Å². The van der Waals surface area contributed by atoms with Crippen molar-refractivity contribution >= 4 is 11.4 Å². The summed E-state index contributed by atoms with van der Waals surface area (Å²) in [6.45, 7) is 0. The normalized spacial score (nSPS) is 11.2. The van der Waals surface area contributed by atoms with Gasteiger partial charge in [-0.1, -0.05) is 54.6 Å². The number of aromatic hydroxyl groups is 1. The van der Waals surface area contributed by atoms with Crippen molar-refractivity contribution in [2.24, 2.45) is 4.99 Å². The van der Waals surface area contributed by atoms with Crippen LogP contribution in [-0.4, -0.2) is 20.2 Å². The second-order valence-electron chi connectivity index (χ2n) is 6.21. The number of nitrogens with zero attached hydrogens (tertiary/aromatic N) is 4. The van der Waals surface area contributed by atoms with E-state index in [9.17, 15) is 15.2 Å². The van der Waals surface area contributed by atoms with Gasteiger partial charge in [0.15, 0.2) is 5.71 Å². The van der Waals surface area contributed by atoms with E-state index in [1.54, 1.807) is 72.8 Å².